The van der Waals surface area contributed by atoms with Crippen LogP contribution < -0.4 is 10.5 Å². The molecule has 0 heterocycles. The average molecular weight is 299 g/mol. The number of ether oxygens (including phenoxy) is 1. The van der Waals surface area contributed by atoms with E-state index in [1.807, 2.05) is 24.3 Å². The summed E-state index contributed by atoms with van der Waals surface area (Å²) in [5.41, 5.74) is 6.70. The molecule has 0 radical (unpaired) electrons. The summed E-state index contributed by atoms with van der Waals surface area (Å²) in [4.78, 5) is 0. The maximum absolute atomic E-state index is 13.2. The van der Waals surface area contributed by atoms with Gasteiger partial charge in [-0.15, -0.1) is 0 Å². The van der Waals surface area contributed by atoms with Crippen molar-refractivity contribution in [3.05, 3.63) is 29.8 Å². The number of methoxy groups -OCH3 is 1. The summed E-state index contributed by atoms with van der Waals surface area (Å²) < 4.78 is 31.6. The minimum absolute atomic E-state index is 0.121. The number of aliphatic hydroxyl groups is 1. The lowest BCUT2D eigenvalue weighted by atomic mass is 9.77. The van der Waals surface area contributed by atoms with Crippen LogP contribution in [0.5, 0.6) is 5.75 Å². The van der Waals surface area contributed by atoms with Gasteiger partial charge >= 0.3 is 0 Å². The zero-order chi connectivity index (χ0) is 15.5. The number of aliphatic hydroxyl groups excluding tert-OH is 1. The van der Waals surface area contributed by atoms with E-state index in [0.717, 1.165) is 5.56 Å². The second-order valence-corrected chi connectivity index (χ2v) is 5.80. The van der Waals surface area contributed by atoms with E-state index in [0.29, 0.717) is 18.6 Å². The molecule has 118 valence electrons. The van der Waals surface area contributed by atoms with E-state index >= 15 is 0 Å². The molecule has 0 saturated heterocycles. The SMILES string of the molecule is COc1cccc(C(CN)C(O)C2CCC(F)(F)CC2)c1. The third-order valence-electron chi connectivity index (χ3n) is 4.43. The van der Waals surface area contributed by atoms with Crippen LogP contribution >= 0.6 is 0 Å². The van der Waals surface area contributed by atoms with Gasteiger partial charge in [-0.3, -0.25) is 0 Å². The van der Waals surface area contributed by atoms with E-state index in [2.05, 4.69) is 0 Å². The fraction of sp³-hybridized carbons (Fsp3) is 0.625. The third-order valence-corrected chi connectivity index (χ3v) is 4.43. The van der Waals surface area contributed by atoms with Gasteiger partial charge in [0.05, 0.1) is 13.2 Å². The Morgan fingerprint density at radius 1 is 1.38 bits per heavy atom. The summed E-state index contributed by atoms with van der Waals surface area (Å²) in [6.45, 7) is 0.279. The van der Waals surface area contributed by atoms with Crippen LogP contribution in [-0.4, -0.2) is 30.8 Å². The summed E-state index contributed by atoms with van der Waals surface area (Å²) >= 11 is 0. The second-order valence-electron chi connectivity index (χ2n) is 5.80. The lowest BCUT2D eigenvalue weighted by Crippen LogP contribution is -2.37. The van der Waals surface area contributed by atoms with Crippen molar-refractivity contribution in [1.29, 1.82) is 0 Å². The first kappa shape index (κ1) is 16.2. The van der Waals surface area contributed by atoms with Crippen LogP contribution in [0.2, 0.25) is 0 Å². The molecule has 1 aliphatic carbocycles. The molecule has 3 N–H and O–H groups in total. The van der Waals surface area contributed by atoms with Gasteiger partial charge in [-0.05, 0) is 36.5 Å². The minimum atomic E-state index is -2.58. The van der Waals surface area contributed by atoms with E-state index in [1.54, 1.807) is 7.11 Å². The molecule has 21 heavy (non-hydrogen) atoms. The Hall–Kier alpha value is -1.20. The Balaban J connectivity index is 2.09. The average Bonchev–Trinajstić information content (AvgIpc) is 2.48. The Morgan fingerprint density at radius 3 is 2.62 bits per heavy atom. The fourth-order valence-electron chi connectivity index (χ4n) is 3.08. The zero-order valence-corrected chi connectivity index (χ0v) is 12.3. The molecule has 1 aromatic rings. The van der Waals surface area contributed by atoms with Gasteiger partial charge in [-0.1, -0.05) is 12.1 Å². The van der Waals surface area contributed by atoms with E-state index in [1.165, 1.54) is 0 Å². The largest absolute Gasteiger partial charge is 0.497 e. The van der Waals surface area contributed by atoms with Crippen molar-refractivity contribution in [2.24, 2.45) is 11.7 Å². The molecule has 1 saturated carbocycles. The molecule has 0 spiro atoms. The fourth-order valence-corrected chi connectivity index (χ4v) is 3.08. The topological polar surface area (TPSA) is 55.5 Å². The quantitative estimate of drug-likeness (QED) is 0.879. The number of hydrogen-bond acceptors (Lipinski definition) is 3. The van der Waals surface area contributed by atoms with Crippen LogP contribution in [0.15, 0.2) is 24.3 Å². The smallest absolute Gasteiger partial charge is 0.248 e. The molecular weight excluding hydrogens is 276 g/mol. The van der Waals surface area contributed by atoms with Gasteiger partial charge in [0.15, 0.2) is 0 Å². The predicted octanol–water partition coefficient (Wildman–Crippen LogP) is 2.92. The normalized spacial score (nSPS) is 21.8. The van der Waals surface area contributed by atoms with Crippen LogP contribution in [0, 0.1) is 5.92 Å². The summed E-state index contributed by atoms with van der Waals surface area (Å²) in [6, 6.07) is 7.40. The van der Waals surface area contributed by atoms with Crippen molar-refractivity contribution >= 4 is 0 Å². The maximum Gasteiger partial charge on any atom is 0.248 e. The van der Waals surface area contributed by atoms with Crippen LogP contribution in [0.25, 0.3) is 0 Å². The molecule has 1 fully saturated rings. The predicted molar refractivity (Wildman–Crippen MR) is 77.7 cm³/mol. The zero-order valence-electron chi connectivity index (χ0n) is 12.3. The monoisotopic (exact) mass is 299 g/mol. The highest BCUT2D eigenvalue weighted by Gasteiger charge is 2.39. The molecule has 2 rings (SSSR count). The molecule has 1 aromatic carbocycles. The molecule has 0 aromatic heterocycles. The number of hydrogen-bond donors (Lipinski definition) is 2. The van der Waals surface area contributed by atoms with Crippen molar-refractivity contribution in [3.63, 3.8) is 0 Å². The number of alkyl halides is 2. The van der Waals surface area contributed by atoms with Crippen molar-refractivity contribution in [3.8, 4) is 5.75 Å². The van der Waals surface area contributed by atoms with Crippen LogP contribution in [-0.2, 0) is 0 Å². The van der Waals surface area contributed by atoms with Gasteiger partial charge in [-0.2, -0.15) is 0 Å². The summed E-state index contributed by atoms with van der Waals surface area (Å²) in [5.74, 6) is -2.25. The summed E-state index contributed by atoms with van der Waals surface area (Å²) in [5, 5.41) is 10.6. The summed E-state index contributed by atoms with van der Waals surface area (Å²) in [6.07, 6.45) is -0.310. The van der Waals surface area contributed by atoms with E-state index in [-0.39, 0.29) is 31.2 Å². The molecule has 5 heteroatoms. The molecule has 1 aliphatic rings. The first-order valence-corrected chi connectivity index (χ1v) is 7.37. The molecule has 0 bridgehead atoms. The van der Waals surface area contributed by atoms with Crippen molar-refractivity contribution in [2.45, 2.75) is 43.6 Å². The van der Waals surface area contributed by atoms with Crippen LogP contribution in [0.4, 0.5) is 8.78 Å². The lowest BCUT2D eigenvalue weighted by Gasteiger charge is -2.34. The standard InChI is InChI=1S/C16H23F2NO2/c1-21-13-4-2-3-12(9-13)14(10-19)15(20)11-5-7-16(17,18)8-6-11/h2-4,9,11,14-15,20H,5-8,10,19H2,1H3. The number of benzene rings is 1. The Labute approximate surface area is 124 Å². The van der Waals surface area contributed by atoms with Gasteiger partial charge in [-0.25, -0.2) is 8.78 Å². The minimum Gasteiger partial charge on any atom is -0.497 e. The lowest BCUT2D eigenvalue weighted by molar-refractivity contribution is -0.0651. The van der Waals surface area contributed by atoms with Crippen LogP contribution in [0.3, 0.4) is 0 Å². The van der Waals surface area contributed by atoms with Gasteiger partial charge in [0.2, 0.25) is 5.92 Å². The molecule has 0 amide bonds. The number of rotatable bonds is 5. The Kier molecular flexibility index (Phi) is 5.17. The highest BCUT2D eigenvalue weighted by Crippen LogP contribution is 2.40. The molecule has 2 atom stereocenters. The molecule has 0 aliphatic heterocycles. The second kappa shape index (κ2) is 6.71. The van der Waals surface area contributed by atoms with Crippen LogP contribution in [0.1, 0.15) is 37.2 Å². The third kappa shape index (κ3) is 3.92. The maximum atomic E-state index is 13.2. The molecular formula is C16H23F2NO2. The van der Waals surface area contributed by atoms with Crippen molar-refractivity contribution < 1.29 is 18.6 Å². The van der Waals surface area contributed by atoms with E-state index in [4.69, 9.17) is 10.5 Å². The number of nitrogens with two attached hydrogens (primary N) is 1. The van der Waals surface area contributed by atoms with Crippen molar-refractivity contribution in [2.75, 3.05) is 13.7 Å². The van der Waals surface area contributed by atoms with Gasteiger partial charge in [0.1, 0.15) is 5.75 Å². The highest BCUT2D eigenvalue weighted by molar-refractivity contribution is 5.31. The molecule has 2 unspecified atom stereocenters. The molecule has 3 nitrogen and oxygen atoms in total. The first-order valence-electron chi connectivity index (χ1n) is 7.37. The Morgan fingerprint density at radius 2 is 2.05 bits per heavy atom. The van der Waals surface area contributed by atoms with E-state index in [9.17, 15) is 13.9 Å². The highest BCUT2D eigenvalue weighted by atomic mass is 19.3. The van der Waals surface area contributed by atoms with Gasteiger partial charge in [0.25, 0.3) is 0 Å². The first-order chi connectivity index (χ1) is 9.96. The van der Waals surface area contributed by atoms with Crippen molar-refractivity contribution in [1.82, 2.24) is 0 Å². The van der Waals surface area contributed by atoms with Gasteiger partial charge < -0.3 is 15.6 Å². The Bertz CT molecular complexity index is 457. The number of halogens is 2. The van der Waals surface area contributed by atoms with E-state index < -0.39 is 12.0 Å². The van der Waals surface area contributed by atoms with Gasteiger partial charge in [0, 0.05) is 25.3 Å². The summed E-state index contributed by atoms with van der Waals surface area (Å²) in [7, 11) is 1.58.